The second-order valence-corrected chi connectivity index (χ2v) is 7.36. The van der Waals surface area contributed by atoms with Crippen molar-refractivity contribution in [3.63, 3.8) is 0 Å². The number of ketones is 1. The van der Waals surface area contributed by atoms with E-state index in [1.54, 1.807) is 31.4 Å². The number of hydrogen-bond acceptors (Lipinski definition) is 5. The first-order chi connectivity index (χ1) is 14.0. The van der Waals surface area contributed by atoms with Crippen LogP contribution in [0.3, 0.4) is 0 Å². The van der Waals surface area contributed by atoms with Gasteiger partial charge < -0.3 is 14.8 Å². The summed E-state index contributed by atoms with van der Waals surface area (Å²) in [6.45, 7) is 4.15. The third kappa shape index (κ3) is 6.32. The van der Waals surface area contributed by atoms with E-state index in [1.165, 1.54) is 12.5 Å². The highest BCUT2D eigenvalue weighted by molar-refractivity contribution is 5.94. The standard InChI is InChI=1S/C23H28N2O4/c1-17(26)19-8-10-21(11-9-19)29-16-23(27)24-20-6-4-12-25(15-20)14-18-5-3-7-22(13-18)28-2/h3,5,7-11,13,20H,4,6,12,14-16H2,1-2H3,(H,24,27)/t20-/m0/s1. The number of methoxy groups -OCH3 is 1. The Morgan fingerprint density at radius 1 is 1.14 bits per heavy atom. The molecule has 0 saturated carbocycles. The van der Waals surface area contributed by atoms with Crippen molar-refractivity contribution in [1.29, 1.82) is 0 Å². The van der Waals surface area contributed by atoms with Gasteiger partial charge in [0.1, 0.15) is 11.5 Å². The Morgan fingerprint density at radius 3 is 2.66 bits per heavy atom. The van der Waals surface area contributed by atoms with Crippen LogP contribution in [-0.4, -0.2) is 49.4 Å². The van der Waals surface area contributed by atoms with Crippen LogP contribution in [-0.2, 0) is 11.3 Å². The van der Waals surface area contributed by atoms with Crippen LogP contribution in [0.2, 0.25) is 0 Å². The van der Waals surface area contributed by atoms with Crippen LogP contribution in [0.4, 0.5) is 0 Å². The normalized spacial score (nSPS) is 16.8. The van der Waals surface area contributed by atoms with E-state index in [0.29, 0.717) is 11.3 Å². The van der Waals surface area contributed by atoms with Gasteiger partial charge in [0.25, 0.3) is 5.91 Å². The molecule has 0 unspecified atom stereocenters. The van der Waals surface area contributed by atoms with Gasteiger partial charge in [-0.05, 0) is 68.3 Å². The molecule has 3 rings (SSSR count). The van der Waals surface area contributed by atoms with Gasteiger partial charge in [-0.25, -0.2) is 0 Å². The minimum absolute atomic E-state index is 0.00472. The zero-order chi connectivity index (χ0) is 20.6. The van der Waals surface area contributed by atoms with Gasteiger partial charge in [0, 0.05) is 24.7 Å². The molecule has 1 atom stereocenters. The molecule has 0 bridgehead atoms. The average molecular weight is 396 g/mol. The highest BCUT2D eigenvalue weighted by Crippen LogP contribution is 2.18. The van der Waals surface area contributed by atoms with Gasteiger partial charge in [0.15, 0.2) is 12.4 Å². The molecule has 6 nitrogen and oxygen atoms in total. The number of carbonyl (C=O) groups excluding carboxylic acids is 2. The molecular formula is C23H28N2O4. The van der Waals surface area contributed by atoms with Crippen molar-refractivity contribution >= 4 is 11.7 Å². The second-order valence-electron chi connectivity index (χ2n) is 7.36. The number of likely N-dealkylation sites (tertiary alicyclic amines) is 1. The lowest BCUT2D eigenvalue weighted by Crippen LogP contribution is -2.48. The molecule has 6 heteroatoms. The predicted octanol–water partition coefficient (Wildman–Crippen LogP) is 3.06. The maximum Gasteiger partial charge on any atom is 0.258 e. The summed E-state index contributed by atoms with van der Waals surface area (Å²) in [6.07, 6.45) is 2.01. The zero-order valence-corrected chi connectivity index (χ0v) is 17.0. The van der Waals surface area contributed by atoms with Gasteiger partial charge in [0.2, 0.25) is 0 Å². The number of benzene rings is 2. The topological polar surface area (TPSA) is 67.9 Å². The predicted molar refractivity (Wildman–Crippen MR) is 111 cm³/mol. The van der Waals surface area contributed by atoms with Crippen LogP contribution in [0.25, 0.3) is 0 Å². The van der Waals surface area contributed by atoms with E-state index in [0.717, 1.165) is 38.2 Å². The fourth-order valence-corrected chi connectivity index (χ4v) is 3.55. The van der Waals surface area contributed by atoms with E-state index in [2.05, 4.69) is 16.3 Å². The fraction of sp³-hybridized carbons (Fsp3) is 0.391. The molecule has 0 spiro atoms. The van der Waals surface area contributed by atoms with Crippen LogP contribution in [0.5, 0.6) is 11.5 Å². The average Bonchev–Trinajstić information content (AvgIpc) is 2.73. The molecule has 0 aliphatic carbocycles. The van der Waals surface area contributed by atoms with Gasteiger partial charge in [-0.15, -0.1) is 0 Å². The Balaban J connectivity index is 1.45. The molecule has 0 aromatic heterocycles. The van der Waals surface area contributed by atoms with Crippen molar-refractivity contribution in [3.8, 4) is 11.5 Å². The highest BCUT2D eigenvalue weighted by atomic mass is 16.5. The van der Waals surface area contributed by atoms with Crippen molar-refractivity contribution in [2.24, 2.45) is 0 Å². The summed E-state index contributed by atoms with van der Waals surface area (Å²) >= 11 is 0. The third-order valence-corrected chi connectivity index (χ3v) is 5.04. The molecule has 2 aromatic rings. The molecule has 1 heterocycles. The minimum atomic E-state index is -0.131. The lowest BCUT2D eigenvalue weighted by Gasteiger charge is -2.33. The number of rotatable bonds is 8. The van der Waals surface area contributed by atoms with Crippen molar-refractivity contribution in [2.45, 2.75) is 32.4 Å². The van der Waals surface area contributed by atoms with E-state index in [-0.39, 0.29) is 24.3 Å². The van der Waals surface area contributed by atoms with Crippen molar-refractivity contribution in [1.82, 2.24) is 10.2 Å². The van der Waals surface area contributed by atoms with Gasteiger partial charge >= 0.3 is 0 Å². The maximum absolute atomic E-state index is 12.3. The van der Waals surface area contributed by atoms with Gasteiger partial charge in [-0.2, -0.15) is 0 Å². The number of hydrogen-bond donors (Lipinski definition) is 1. The molecule has 29 heavy (non-hydrogen) atoms. The SMILES string of the molecule is COc1cccc(CN2CCC[C@H](NC(=O)COc3ccc(C(C)=O)cc3)C2)c1. The lowest BCUT2D eigenvalue weighted by atomic mass is 10.0. The molecule has 1 saturated heterocycles. The number of piperidine rings is 1. The Labute approximate surface area is 171 Å². The molecule has 0 radical (unpaired) electrons. The zero-order valence-electron chi connectivity index (χ0n) is 17.0. The number of nitrogens with zero attached hydrogens (tertiary/aromatic N) is 1. The Kier molecular flexibility index (Phi) is 7.25. The van der Waals surface area contributed by atoms with Crippen LogP contribution in [0.15, 0.2) is 48.5 Å². The highest BCUT2D eigenvalue weighted by Gasteiger charge is 2.21. The van der Waals surface area contributed by atoms with Crippen molar-refractivity contribution in [3.05, 3.63) is 59.7 Å². The summed E-state index contributed by atoms with van der Waals surface area (Å²) in [5.41, 5.74) is 1.83. The smallest absolute Gasteiger partial charge is 0.258 e. The summed E-state index contributed by atoms with van der Waals surface area (Å²) in [4.78, 5) is 25.9. The lowest BCUT2D eigenvalue weighted by molar-refractivity contribution is -0.124. The molecule has 1 N–H and O–H groups in total. The Hall–Kier alpha value is -2.86. The van der Waals surface area contributed by atoms with Crippen LogP contribution < -0.4 is 14.8 Å². The largest absolute Gasteiger partial charge is 0.497 e. The van der Waals surface area contributed by atoms with E-state index < -0.39 is 0 Å². The van der Waals surface area contributed by atoms with Crippen molar-refractivity contribution in [2.75, 3.05) is 26.8 Å². The third-order valence-electron chi connectivity index (χ3n) is 5.04. The second kappa shape index (κ2) is 10.1. The van der Waals surface area contributed by atoms with E-state index in [9.17, 15) is 9.59 Å². The summed E-state index contributed by atoms with van der Waals surface area (Å²) < 4.78 is 10.8. The quantitative estimate of drug-likeness (QED) is 0.695. The summed E-state index contributed by atoms with van der Waals surface area (Å²) in [5.74, 6) is 1.31. The first-order valence-electron chi connectivity index (χ1n) is 9.92. The van der Waals surface area contributed by atoms with Crippen LogP contribution in [0.1, 0.15) is 35.7 Å². The maximum atomic E-state index is 12.3. The Morgan fingerprint density at radius 2 is 1.93 bits per heavy atom. The van der Waals surface area contributed by atoms with Gasteiger partial charge in [0.05, 0.1) is 7.11 Å². The molecular weight excluding hydrogens is 368 g/mol. The number of carbonyl (C=O) groups is 2. The van der Waals surface area contributed by atoms with E-state index in [4.69, 9.17) is 9.47 Å². The molecule has 1 aliphatic rings. The Bertz CT molecular complexity index is 835. The number of amides is 1. The first-order valence-corrected chi connectivity index (χ1v) is 9.92. The van der Waals surface area contributed by atoms with E-state index in [1.807, 2.05) is 18.2 Å². The summed E-state index contributed by atoms with van der Waals surface area (Å²) in [5, 5.41) is 3.07. The fourth-order valence-electron chi connectivity index (χ4n) is 3.55. The number of ether oxygens (including phenoxy) is 2. The molecule has 154 valence electrons. The molecule has 1 amide bonds. The summed E-state index contributed by atoms with van der Waals surface area (Å²) in [6, 6.07) is 15.0. The molecule has 2 aromatic carbocycles. The first kappa shape index (κ1) is 20.9. The number of Topliss-reactive ketones (excluding diaryl/α,β-unsaturated/α-hetero) is 1. The van der Waals surface area contributed by atoms with E-state index >= 15 is 0 Å². The van der Waals surface area contributed by atoms with Crippen LogP contribution in [0, 0.1) is 0 Å². The van der Waals surface area contributed by atoms with Crippen LogP contribution >= 0.6 is 0 Å². The van der Waals surface area contributed by atoms with Gasteiger partial charge in [-0.1, -0.05) is 12.1 Å². The number of nitrogens with one attached hydrogen (secondary N) is 1. The van der Waals surface area contributed by atoms with Gasteiger partial charge in [-0.3, -0.25) is 14.5 Å². The monoisotopic (exact) mass is 396 g/mol. The van der Waals surface area contributed by atoms with Crippen molar-refractivity contribution < 1.29 is 19.1 Å². The summed E-state index contributed by atoms with van der Waals surface area (Å²) in [7, 11) is 1.67. The molecule has 1 fully saturated rings. The molecule has 1 aliphatic heterocycles. The minimum Gasteiger partial charge on any atom is -0.497 e.